The number of amidine groups is 1. The molecule has 1 unspecified atom stereocenters. The van der Waals surface area contributed by atoms with Gasteiger partial charge in [0.15, 0.2) is 5.17 Å². The zero-order valence-corrected chi connectivity index (χ0v) is 18.6. The van der Waals surface area contributed by atoms with E-state index in [-0.39, 0.29) is 18.2 Å². The van der Waals surface area contributed by atoms with Gasteiger partial charge in [-0.05, 0) is 37.3 Å². The Morgan fingerprint density at radius 2 is 1.97 bits per heavy atom. The number of ether oxygens (including phenoxy) is 1. The Morgan fingerprint density at radius 3 is 2.60 bits per heavy atom. The molecule has 0 saturated carbocycles. The van der Waals surface area contributed by atoms with E-state index in [1.165, 1.54) is 30.2 Å². The second-order valence-electron chi connectivity index (χ2n) is 6.77. The van der Waals surface area contributed by atoms with Crippen molar-refractivity contribution in [3.05, 3.63) is 40.8 Å². The van der Waals surface area contributed by atoms with Crippen molar-refractivity contribution in [2.75, 3.05) is 31.4 Å². The molecule has 10 heteroatoms. The number of rotatable bonds is 6. The number of amides is 2. The number of carbonyl (C=O) groups is 3. The number of nitrogens with one attached hydrogen (secondary N) is 2. The molecule has 2 amide bonds. The molecule has 1 fully saturated rings. The van der Waals surface area contributed by atoms with Crippen LogP contribution in [0.1, 0.15) is 21.7 Å². The Labute approximate surface area is 182 Å². The van der Waals surface area contributed by atoms with E-state index in [9.17, 15) is 14.4 Å². The summed E-state index contributed by atoms with van der Waals surface area (Å²) < 4.78 is 4.74. The largest absolute Gasteiger partial charge is 0.465 e. The molecular formula is C20H22N4O4S2. The number of nitrogens with zero attached hydrogens (tertiary/aromatic N) is 2. The average Bonchev–Trinajstić information content (AvgIpc) is 3.23. The Bertz CT molecular complexity index is 999. The van der Waals surface area contributed by atoms with Crippen LogP contribution in [0.4, 0.5) is 16.4 Å². The van der Waals surface area contributed by atoms with Crippen LogP contribution in [0.25, 0.3) is 0 Å². The van der Waals surface area contributed by atoms with Crippen molar-refractivity contribution in [3.63, 3.8) is 0 Å². The molecular weight excluding hydrogens is 424 g/mol. The molecule has 2 N–H and O–H groups in total. The first-order valence-corrected chi connectivity index (χ1v) is 10.8. The first-order valence-electron chi connectivity index (χ1n) is 9.09. The molecule has 3 rings (SSSR count). The fourth-order valence-electron chi connectivity index (χ4n) is 2.75. The van der Waals surface area contributed by atoms with Gasteiger partial charge in [-0.3, -0.25) is 9.59 Å². The molecule has 0 radical (unpaired) electrons. The van der Waals surface area contributed by atoms with Crippen LogP contribution in [-0.4, -0.2) is 49.4 Å². The lowest BCUT2D eigenvalue weighted by Gasteiger charge is -2.11. The highest BCUT2D eigenvalue weighted by Gasteiger charge is 2.32. The monoisotopic (exact) mass is 446 g/mol. The van der Waals surface area contributed by atoms with Gasteiger partial charge in [-0.2, -0.15) is 0 Å². The third-order valence-electron chi connectivity index (χ3n) is 4.26. The summed E-state index contributed by atoms with van der Waals surface area (Å²) in [6, 6.07) is 9.27. The number of thioether (sulfide) groups is 1. The summed E-state index contributed by atoms with van der Waals surface area (Å²) in [5.41, 5.74) is 2.07. The molecule has 1 aliphatic heterocycles. The third kappa shape index (κ3) is 5.19. The zero-order chi connectivity index (χ0) is 21.8. The van der Waals surface area contributed by atoms with Gasteiger partial charge in [0.2, 0.25) is 11.8 Å². The first kappa shape index (κ1) is 21.8. The maximum atomic E-state index is 12.5. The van der Waals surface area contributed by atoms with E-state index in [1.807, 2.05) is 50.2 Å². The lowest BCUT2D eigenvalue weighted by atomic mass is 10.2. The van der Waals surface area contributed by atoms with Crippen LogP contribution >= 0.6 is 23.1 Å². The van der Waals surface area contributed by atoms with E-state index < -0.39 is 11.2 Å². The standard InChI is InChI=1S/C20H22N4O4S2/c1-11-9-14(19(27)28-4)18(29-11)22-16(25)10-15-17(26)23-20(30-15)21-12-5-7-13(8-6-12)24(2)3/h5-9,15H,10H2,1-4H3,(H,22,25)(H,21,23,26). The lowest BCUT2D eigenvalue weighted by Crippen LogP contribution is -2.28. The van der Waals surface area contributed by atoms with Crippen molar-refractivity contribution >= 4 is 62.4 Å². The fourth-order valence-corrected chi connectivity index (χ4v) is 4.65. The average molecular weight is 447 g/mol. The highest BCUT2D eigenvalue weighted by molar-refractivity contribution is 8.15. The second kappa shape index (κ2) is 9.31. The predicted molar refractivity (Wildman–Crippen MR) is 121 cm³/mol. The van der Waals surface area contributed by atoms with E-state index in [2.05, 4.69) is 15.6 Å². The van der Waals surface area contributed by atoms with Gasteiger partial charge in [0, 0.05) is 31.1 Å². The number of anilines is 2. The van der Waals surface area contributed by atoms with E-state index >= 15 is 0 Å². The normalized spacial score (nSPS) is 17.0. The van der Waals surface area contributed by atoms with Crippen molar-refractivity contribution < 1.29 is 19.1 Å². The molecule has 2 aromatic rings. The van der Waals surface area contributed by atoms with Crippen LogP contribution in [0.5, 0.6) is 0 Å². The van der Waals surface area contributed by atoms with Crippen LogP contribution in [0.2, 0.25) is 0 Å². The topological polar surface area (TPSA) is 100 Å². The van der Waals surface area contributed by atoms with Crippen LogP contribution in [0.3, 0.4) is 0 Å². The fraction of sp³-hybridized carbons (Fsp3) is 0.300. The van der Waals surface area contributed by atoms with Crippen LogP contribution < -0.4 is 15.5 Å². The number of esters is 1. The first-order chi connectivity index (χ1) is 14.3. The Morgan fingerprint density at radius 1 is 1.27 bits per heavy atom. The van der Waals surface area contributed by atoms with Crippen molar-refractivity contribution in [2.45, 2.75) is 18.6 Å². The van der Waals surface area contributed by atoms with Crippen LogP contribution in [-0.2, 0) is 14.3 Å². The second-order valence-corrected chi connectivity index (χ2v) is 9.22. The molecule has 0 bridgehead atoms. The molecule has 30 heavy (non-hydrogen) atoms. The number of aryl methyl sites for hydroxylation is 1. The quantitative estimate of drug-likeness (QED) is 0.661. The predicted octanol–water partition coefficient (Wildman–Crippen LogP) is 3.16. The summed E-state index contributed by atoms with van der Waals surface area (Å²) in [5, 5.41) is 5.72. The van der Waals surface area contributed by atoms with E-state index in [4.69, 9.17) is 4.74 Å². The van der Waals surface area contributed by atoms with Gasteiger partial charge in [-0.15, -0.1) is 11.3 Å². The molecule has 8 nitrogen and oxygen atoms in total. The van der Waals surface area contributed by atoms with Gasteiger partial charge in [0.05, 0.1) is 18.4 Å². The van der Waals surface area contributed by atoms with Crippen molar-refractivity contribution in [1.82, 2.24) is 5.32 Å². The smallest absolute Gasteiger partial charge is 0.340 e. The molecule has 2 heterocycles. The SMILES string of the molecule is COC(=O)c1cc(C)sc1NC(=O)CC1SC(=Nc2ccc(N(C)C)cc2)NC1=O. The van der Waals surface area contributed by atoms with Gasteiger partial charge < -0.3 is 20.3 Å². The number of benzene rings is 1. The zero-order valence-electron chi connectivity index (χ0n) is 17.0. The van der Waals surface area contributed by atoms with E-state index in [1.54, 1.807) is 6.07 Å². The Kier molecular flexibility index (Phi) is 6.78. The van der Waals surface area contributed by atoms with Gasteiger partial charge in [0.1, 0.15) is 10.3 Å². The maximum Gasteiger partial charge on any atom is 0.340 e. The summed E-state index contributed by atoms with van der Waals surface area (Å²) in [6.45, 7) is 1.83. The molecule has 0 aliphatic carbocycles. The minimum Gasteiger partial charge on any atom is -0.465 e. The summed E-state index contributed by atoms with van der Waals surface area (Å²) in [6.07, 6.45) is -0.0351. The van der Waals surface area contributed by atoms with Gasteiger partial charge in [0.25, 0.3) is 0 Å². The van der Waals surface area contributed by atoms with Crippen molar-refractivity contribution in [1.29, 1.82) is 0 Å². The summed E-state index contributed by atoms with van der Waals surface area (Å²) in [4.78, 5) is 43.9. The summed E-state index contributed by atoms with van der Waals surface area (Å²) in [7, 11) is 5.19. The number of methoxy groups -OCH3 is 1. The molecule has 0 spiro atoms. The maximum absolute atomic E-state index is 12.5. The molecule has 158 valence electrons. The van der Waals surface area contributed by atoms with Gasteiger partial charge >= 0.3 is 5.97 Å². The van der Waals surface area contributed by atoms with E-state index in [0.717, 1.165) is 10.6 Å². The summed E-state index contributed by atoms with van der Waals surface area (Å²) in [5.74, 6) is -1.14. The molecule has 1 aromatic carbocycles. The highest BCUT2D eigenvalue weighted by atomic mass is 32.2. The minimum atomic E-state index is -0.590. The van der Waals surface area contributed by atoms with Gasteiger partial charge in [-0.25, -0.2) is 9.79 Å². The number of carbonyl (C=O) groups excluding carboxylic acids is 3. The highest BCUT2D eigenvalue weighted by Crippen LogP contribution is 2.30. The Balaban J connectivity index is 1.63. The molecule has 1 aromatic heterocycles. The summed E-state index contributed by atoms with van der Waals surface area (Å²) >= 11 is 2.50. The number of hydrogen-bond acceptors (Lipinski definition) is 8. The number of aliphatic imine (C=N–C) groups is 1. The number of thiophene rings is 1. The number of hydrogen-bond donors (Lipinski definition) is 2. The van der Waals surface area contributed by atoms with Crippen molar-refractivity contribution in [2.24, 2.45) is 4.99 Å². The van der Waals surface area contributed by atoms with Gasteiger partial charge in [-0.1, -0.05) is 11.8 Å². The minimum absolute atomic E-state index is 0.0351. The molecule has 1 atom stereocenters. The van der Waals surface area contributed by atoms with Crippen molar-refractivity contribution in [3.8, 4) is 0 Å². The van der Waals surface area contributed by atoms with Crippen LogP contribution in [0.15, 0.2) is 35.3 Å². The lowest BCUT2D eigenvalue weighted by molar-refractivity contribution is -0.122. The molecule has 1 saturated heterocycles. The molecule has 1 aliphatic rings. The van der Waals surface area contributed by atoms with Crippen LogP contribution in [0, 0.1) is 6.92 Å². The third-order valence-corrected chi connectivity index (χ3v) is 6.31. The van der Waals surface area contributed by atoms with E-state index in [0.29, 0.717) is 21.4 Å². The Hall–Kier alpha value is -2.85.